The van der Waals surface area contributed by atoms with Gasteiger partial charge < -0.3 is 5.73 Å². The highest BCUT2D eigenvalue weighted by Gasteiger charge is 2.34. The van der Waals surface area contributed by atoms with Gasteiger partial charge in [-0.1, -0.05) is 30.4 Å². The SMILES string of the molecule is C=C(C)C(N)c1ccccc1C(F)(F)F. The zero-order valence-corrected chi connectivity index (χ0v) is 8.31. The van der Waals surface area contributed by atoms with Gasteiger partial charge in [-0.15, -0.1) is 0 Å². The van der Waals surface area contributed by atoms with Gasteiger partial charge >= 0.3 is 6.18 Å². The molecule has 1 atom stereocenters. The van der Waals surface area contributed by atoms with Gasteiger partial charge in [0.15, 0.2) is 0 Å². The van der Waals surface area contributed by atoms with E-state index in [1.165, 1.54) is 18.2 Å². The van der Waals surface area contributed by atoms with Crippen LogP contribution in [0.15, 0.2) is 36.4 Å². The lowest BCUT2D eigenvalue weighted by Crippen LogP contribution is -2.17. The Balaban J connectivity index is 3.24. The average Bonchev–Trinajstić information content (AvgIpc) is 2.15. The Labute approximate surface area is 86.4 Å². The molecule has 15 heavy (non-hydrogen) atoms. The molecule has 2 N–H and O–H groups in total. The number of hydrogen-bond acceptors (Lipinski definition) is 1. The van der Waals surface area contributed by atoms with Crippen LogP contribution < -0.4 is 5.73 Å². The Morgan fingerprint density at radius 3 is 2.33 bits per heavy atom. The van der Waals surface area contributed by atoms with Crippen LogP contribution in [-0.2, 0) is 6.18 Å². The van der Waals surface area contributed by atoms with Crippen LogP contribution in [0, 0.1) is 0 Å². The maximum atomic E-state index is 12.6. The smallest absolute Gasteiger partial charge is 0.321 e. The number of hydrogen-bond donors (Lipinski definition) is 1. The summed E-state index contributed by atoms with van der Waals surface area (Å²) in [6, 6.07) is 4.51. The number of nitrogens with two attached hydrogens (primary N) is 1. The van der Waals surface area contributed by atoms with Gasteiger partial charge in [0.25, 0.3) is 0 Å². The summed E-state index contributed by atoms with van der Waals surface area (Å²) in [5, 5.41) is 0. The molecule has 0 amide bonds. The lowest BCUT2D eigenvalue weighted by Gasteiger charge is -2.18. The molecule has 82 valence electrons. The van der Waals surface area contributed by atoms with Crippen molar-refractivity contribution in [2.75, 3.05) is 0 Å². The maximum Gasteiger partial charge on any atom is 0.416 e. The Kier molecular flexibility index (Phi) is 3.19. The fourth-order valence-corrected chi connectivity index (χ4v) is 1.29. The van der Waals surface area contributed by atoms with Crippen molar-refractivity contribution in [3.63, 3.8) is 0 Å². The zero-order chi connectivity index (χ0) is 11.6. The van der Waals surface area contributed by atoms with E-state index in [1.54, 1.807) is 6.92 Å². The molecule has 1 aromatic rings. The predicted octanol–water partition coefficient (Wildman–Crippen LogP) is 3.28. The van der Waals surface area contributed by atoms with Crippen molar-refractivity contribution >= 4 is 0 Å². The molecule has 0 fully saturated rings. The third-order valence-corrected chi connectivity index (χ3v) is 2.13. The molecule has 0 heterocycles. The van der Waals surface area contributed by atoms with Gasteiger partial charge in [0, 0.05) is 0 Å². The van der Waals surface area contributed by atoms with Crippen molar-refractivity contribution in [1.82, 2.24) is 0 Å². The zero-order valence-electron chi connectivity index (χ0n) is 8.31. The molecular weight excluding hydrogens is 203 g/mol. The first-order valence-corrected chi connectivity index (χ1v) is 4.41. The van der Waals surface area contributed by atoms with E-state index in [2.05, 4.69) is 6.58 Å². The minimum Gasteiger partial charge on any atom is -0.321 e. The van der Waals surface area contributed by atoms with Crippen molar-refractivity contribution in [3.05, 3.63) is 47.5 Å². The van der Waals surface area contributed by atoms with Crippen LogP contribution in [0.3, 0.4) is 0 Å². The molecule has 0 spiro atoms. The number of alkyl halides is 3. The number of benzene rings is 1. The molecule has 1 unspecified atom stereocenters. The van der Waals surface area contributed by atoms with E-state index >= 15 is 0 Å². The average molecular weight is 215 g/mol. The van der Waals surface area contributed by atoms with Gasteiger partial charge in [-0.05, 0) is 18.6 Å². The molecule has 1 nitrogen and oxygen atoms in total. The van der Waals surface area contributed by atoms with Crippen LogP contribution in [0.5, 0.6) is 0 Å². The lowest BCUT2D eigenvalue weighted by molar-refractivity contribution is -0.138. The van der Waals surface area contributed by atoms with Crippen molar-refractivity contribution in [2.24, 2.45) is 5.73 Å². The predicted molar refractivity (Wildman–Crippen MR) is 53.2 cm³/mol. The molecular formula is C11H12F3N. The van der Waals surface area contributed by atoms with Gasteiger partial charge in [0.05, 0.1) is 11.6 Å². The van der Waals surface area contributed by atoms with E-state index in [1.807, 2.05) is 0 Å². The summed E-state index contributed by atoms with van der Waals surface area (Å²) in [6.45, 7) is 5.17. The van der Waals surface area contributed by atoms with Crippen molar-refractivity contribution in [1.29, 1.82) is 0 Å². The van der Waals surface area contributed by atoms with Crippen LogP contribution in [0.2, 0.25) is 0 Å². The fraction of sp³-hybridized carbons (Fsp3) is 0.273. The number of rotatable bonds is 2. The van der Waals surface area contributed by atoms with Gasteiger partial charge in [-0.2, -0.15) is 13.2 Å². The van der Waals surface area contributed by atoms with Gasteiger partial charge in [0.2, 0.25) is 0 Å². The fourth-order valence-electron chi connectivity index (χ4n) is 1.29. The summed E-state index contributed by atoms with van der Waals surface area (Å²) in [7, 11) is 0. The minimum absolute atomic E-state index is 0.0671. The summed E-state index contributed by atoms with van der Waals surface area (Å²) in [5.74, 6) is 0. The molecule has 0 radical (unpaired) electrons. The lowest BCUT2D eigenvalue weighted by atomic mass is 9.96. The number of halogens is 3. The monoisotopic (exact) mass is 215 g/mol. The Morgan fingerprint density at radius 2 is 1.87 bits per heavy atom. The standard InChI is InChI=1S/C11H12F3N/c1-7(2)10(15)8-5-3-4-6-9(8)11(12,13)14/h3-6,10H,1,15H2,2H3. The third-order valence-electron chi connectivity index (χ3n) is 2.13. The Morgan fingerprint density at radius 1 is 1.33 bits per heavy atom. The highest BCUT2D eigenvalue weighted by Crippen LogP contribution is 2.35. The van der Waals surface area contributed by atoms with Crippen molar-refractivity contribution in [2.45, 2.75) is 19.1 Å². The van der Waals surface area contributed by atoms with Crippen LogP contribution in [0.4, 0.5) is 13.2 Å². The van der Waals surface area contributed by atoms with Crippen molar-refractivity contribution < 1.29 is 13.2 Å². The summed E-state index contributed by atoms with van der Waals surface area (Å²) < 4.78 is 37.8. The van der Waals surface area contributed by atoms with Crippen LogP contribution in [0.1, 0.15) is 24.1 Å². The largest absolute Gasteiger partial charge is 0.416 e. The second kappa shape index (κ2) is 4.06. The Bertz CT molecular complexity index is 368. The summed E-state index contributed by atoms with van der Waals surface area (Å²) >= 11 is 0. The molecule has 4 heteroatoms. The molecule has 0 bridgehead atoms. The quantitative estimate of drug-likeness (QED) is 0.753. The maximum absolute atomic E-state index is 12.6. The van der Waals surface area contributed by atoms with E-state index in [0.29, 0.717) is 5.57 Å². The van der Waals surface area contributed by atoms with Gasteiger partial charge in [-0.3, -0.25) is 0 Å². The van der Waals surface area contributed by atoms with Gasteiger partial charge in [0.1, 0.15) is 0 Å². The first kappa shape index (κ1) is 11.8. The summed E-state index contributed by atoms with van der Waals surface area (Å²) in [4.78, 5) is 0. The van der Waals surface area contributed by atoms with Gasteiger partial charge in [-0.25, -0.2) is 0 Å². The van der Waals surface area contributed by atoms with E-state index in [-0.39, 0.29) is 5.56 Å². The first-order chi connectivity index (χ1) is 6.84. The van der Waals surface area contributed by atoms with Crippen LogP contribution >= 0.6 is 0 Å². The summed E-state index contributed by atoms with van der Waals surface area (Å²) in [6.07, 6.45) is -4.37. The van der Waals surface area contributed by atoms with Crippen LogP contribution in [0.25, 0.3) is 0 Å². The molecule has 0 aromatic heterocycles. The van der Waals surface area contributed by atoms with E-state index in [0.717, 1.165) is 6.07 Å². The Hall–Kier alpha value is -1.29. The molecule has 0 aliphatic heterocycles. The molecule has 0 aliphatic rings. The van der Waals surface area contributed by atoms with E-state index < -0.39 is 17.8 Å². The second-order valence-electron chi connectivity index (χ2n) is 3.41. The topological polar surface area (TPSA) is 26.0 Å². The molecule has 1 aromatic carbocycles. The highest BCUT2D eigenvalue weighted by molar-refractivity contribution is 5.35. The molecule has 0 aliphatic carbocycles. The second-order valence-corrected chi connectivity index (χ2v) is 3.41. The first-order valence-electron chi connectivity index (χ1n) is 4.41. The van der Waals surface area contributed by atoms with Crippen molar-refractivity contribution in [3.8, 4) is 0 Å². The van der Waals surface area contributed by atoms with Crippen LogP contribution in [-0.4, -0.2) is 0 Å². The minimum atomic E-state index is -4.37. The molecule has 1 rings (SSSR count). The van der Waals surface area contributed by atoms with E-state index in [4.69, 9.17) is 5.73 Å². The van der Waals surface area contributed by atoms with E-state index in [9.17, 15) is 13.2 Å². The summed E-state index contributed by atoms with van der Waals surface area (Å²) in [5.41, 5.74) is 5.52. The third kappa shape index (κ3) is 2.59. The highest BCUT2D eigenvalue weighted by atomic mass is 19.4. The normalized spacial score (nSPS) is 13.7. The molecule has 0 saturated carbocycles. The molecule has 0 saturated heterocycles.